The summed E-state index contributed by atoms with van der Waals surface area (Å²) in [5.41, 5.74) is 2.70. The lowest BCUT2D eigenvalue weighted by Crippen LogP contribution is -2.51. The smallest absolute Gasteiger partial charge is 0.407 e. The molecular weight excluding hydrogens is 399 g/mol. The predicted molar refractivity (Wildman–Crippen MR) is 114 cm³/mol. The molecule has 1 fully saturated rings. The normalized spacial score (nSPS) is 14.3. The van der Waals surface area contributed by atoms with Crippen LogP contribution in [0.4, 0.5) is 9.18 Å². The van der Waals surface area contributed by atoms with Crippen LogP contribution in [0, 0.1) is 11.7 Å². The van der Waals surface area contributed by atoms with Crippen LogP contribution in [-0.2, 0) is 17.8 Å². The number of pyridine rings is 2. The molecule has 1 N–H and O–H groups in total. The van der Waals surface area contributed by atoms with Gasteiger partial charge in [-0.3, -0.25) is 4.98 Å². The van der Waals surface area contributed by atoms with Crippen molar-refractivity contribution in [3.8, 4) is 5.88 Å². The molecule has 8 heteroatoms. The van der Waals surface area contributed by atoms with Crippen molar-refractivity contribution in [2.75, 3.05) is 33.3 Å². The van der Waals surface area contributed by atoms with Crippen molar-refractivity contribution in [2.24, 2.45) is 5.92 Å². The average Bonchev–Trinajstić information content (AvgIpc) is 2.77. The van der Waals surface area contributed by atoms with Crippen LogP contribution < -0.4 is 10.1 Å². The number of likely N-dealkylation sites (tertiary alicyclic amines) is 1. The Labute approximate surface area is 180 Å². The van der Waals surface area contributed by atoms with Crippen LogP contribution in [0.2, 0.25) is 0 Å². The SMILES string of the molecule is COc1ccc2ncc(F)c(CCN3CC(CNC(=O)OCc4ccccc4)C3)c2n1. The fourth-order valence-corrected chi connectivity index (χ4v) is 3.69. The van der Waals surface area contributed by atoms with Gasteiger partial charge < -0.3 is 19.7 Å². The molecule has 0 radical (unpaired) electrons. The van der Waals surface area contributed by atoms with Crippen molar-refractivity contribution >= 4 is 17.1 Å². The highest BCUT2D eigenvalue weighted by atomic mass is 19.1. The van der Waals surface area contributed by atoms with Gasteiger partial charge in [0.2, 0.25) is 5.88 Å². The van der Waals surface area contributed by atoms with Gasteiger partial charge in [0.25, 0.3) is 0 Å². The molecule has 1 amide bonds. The van der Waals surface area contributed by atoms with Crippen molar-refractivity contribution in [3.05, 3.63) is 65.6 Å². The highest BCUT2D eigenvalue weighted by Gasteiger charge is 2.27. The fourth-order valence-electron chi connectivity index (χ4n) is 3.69. The van der Waals surface area contributed by atoms with E-state index in [1.54, 1.807) is 12.1 Å². The summed E-state index contributed by atoms with van der Waals surface area (Å²) in [5, 5.41) is 2.82. The van der Waals surface area contributed by atoms with Gasteiger partial charge in [-0.15, -0.1) is 0 Å². The summed E-state index contributed by atoms with van der Waals surface area (Å²) in [6.07, 6.45) is 1.37. The number of rotatable bonds is 8. The minimum Gasteiger partial charge on any atom is -0.481 e. The first kappa shape index (κ1) is 21.0. The molecule has 0 saturated carbocycles. The summed E-state index contributed by atoms with van der Waals surface area (Å²) in [5.74, 6) is 0.449. The monoisotopic (exact) mass is 424 g/mol. The van der Waals surface area contributed by atoms with E-state index in [4.69, 9.17) is 9.47 Å². The van der Waals surface area contributed by atoms with Crippen LogP contribution in [-0.4, -0.2) is 54.2 Å². The maximum atomic E-state index is 14.4. The number of hydrogen-bond acceptors (Lipinski definition) is 6. The van der Waals surface area contributed by atoms with E-state index in [0.717, 1.165) is 18.7 Å². The highest BCUT2D eigenvalue weighted by Crippen LogP contribution is 2.23. The largest absolute Gasteiger partial charge is 0.481 e. The summed E-state index contributed by atoms with van der Waals surface area (Å²) in [4.78, 5) is 22.6. The molecule has 3 heterocycles. The highest BCUT2D eigenvalue weighted by molar-refractivity contribution is 5.78. The van der Waals surface area contributed by atoms with Crippen LogP contribution in [0.5, 0.6) is 5.88 Å². The number of alkyl carbamates (subject to hydrolysis) is 1. The fraction of sp³-hybridized carbons (Fsp3) is 0.348. The first-order valence-corrected chi connectivity index (χ1v) is 10.3. The van der Waals surface area contributed by atoms with E-state index in [1.807, 2.05) is 30.3 Å². The number of nitrogens with zero attached hydrogens (tertiary/aromatic N) is 3. The van der Waals surface area contributed by atoms with E-state index in [0.29, 0.717) is 47.9 Å². The van der Waals surface area contributed by atoms with Gasteiger partial charge in [-0.1, -0.05) is 30.3 Å². The molecule has 162 valence electrons. The molecule has 0 aliphatic carbocycles. The zero-order valence-electron chi connectivity index (χ0n) is 17.4. The molecule has 0 unspecified atom stereocenters. The second-order valence-corrected chi connectivity index (χ2v) is 7.62. The second-order valence-electron chi connectivity index (χ2n) is 7.62. The van der Waals surface area contributed by atoms with E-state index < -0.39 is 6.09 Å². The lowest BCUT2D eigenvalue weighted by molar-refractivity contribution is 0.0937. The minimum absolute atomic E-state index is 0.258. The number of ether oxygens (including phenoxy) is 2. The number of nitrogens with one attached hydrogen (secondary N) is 1. The number of aromatic nitrogens is 2. The quantitative estimate of drug-likeness (QED) is 0.599. The molecule has 0 spiro atoms. The number of amides is 1. The summed E-state index contributed by atoms with van der Waals surface area (Å²) >= 11 is 0. The van der Waals surface area contributed by atoms with Gasteiger partial charge in [-0.25, -0.2) is 14.2 Å². The molecule has 1 saturated heterocycles. The Hall–Kier alpha value is -3.26. The standard InChI is InChI=1S/C23H25FN4O3/c1-30-21-8-7-20-22(27-21)18(19(24)12-25-20)9-10-28-13-17(14-28)11-26-23(29)31-15-16-5-3-2-4-6-16/h2-8,12,17H,9-11,13-15H2,1H3,(H,26,29). The molecule has 0 atom stereocenters. The van der Waals surface area contributed by atoms with E-state index in [-0.39, 0.29) is 12.4 Å². The first-order chi connectivity index (χ1) is 15.1. The second kappa shape index (κ2) is 9.70. The molecule has 1 aliphatic rings. The van der Waals surface area contributed by atoms with Crippen LogP contribution in [0.25, 0.3) is 11.0 Å². The minimum atomic E-state index is -0.410. The lowest BCUT2D eigenvalue weighted by atomic mass is 9.99. The molecule has 31 heavy (non-hydrogen) atoms. The summed E-state index contributed by atoms with van der Waals surface area (Å²) < 4.78 is 24.8. The predicted octanol–water partition coefficient (Wildman–Crippen LogP) is 3.18. The molecule has 1 aromatic carbocycles. The molecule has 7 nitrogen and oxygen atoms in total. The topological polar surface area (TPSA) is 76.6 Å². The van der Waals surface area contributed by atoms with Crippen molar-refractivity contribution in [1.29, 1.82) is 0 Å². The van der Waals surface area contributed by atoms with E-state index in [1.165, 1.54) is 13.3 Å². The zero-order valence-corrected chi connectivity index (χ0v) is 17.4. The Morgan fingerprint density at radius 1 is 1.23 bits per heavy atom. The maximum Gasteiger partial charge on any atom is 0.407 e. The molecule has 1 aliphatic heterocycles. The number of benzene rings is 1. The van der Waals surface area contributed by atoms with Gasteiger partial charge in [-0.2, -0.15) is 0 Å². The van der Waals surface area contributed by atoms with E-state index in [2.05, 4.69) is 20.2 Å². The molecule has 3 aromatic rings. The van der Waals surface area contributed by atoms with Crippen molar-refractivity contribution < 1.29 is 18.7 Å². The van der Waals surface area contributed by atoms with Gasteiger partial charge in [0.15, 0.2) is 0 Å². The zero-order chi connectivity index (χ0) is 21.6. The van der Waals surface area contributed by atoms with Gasteiger partial charge >= 0.3 is 6.09 Å². The molecule has 0 bridgehead atoms. The first-order valence-electron chi connectivity index (χ1n) is 10.3. The lowest BCUT2D eigenvalue weighted by Gasteiger charge is -2.39. The third kappa shape index (κ3) is 5.27. The van der Waals surface area contributed by atoms with Crippen LogP contribution >= 0.6 is 0 Å². The molecule has 2 aromatic heterocycles. The maximum absolute atomic E-state index is 14.4. The Bertz CT molecular complexity index is 1040. The molecule has 4 rings (SSSR count). The third-order valence-corrected chi connectivity index (χ3v) is 5.41. The van der Waals surface area contributed by atoms with Crippen LogP contribution in [0.3, 0.4) is 0 Å². The average molecular weight is 424 g/mol. The van der Waals surface area contributed by atoms with Crippen molar-refractivity contribution in [3.63, 3.8) is 0 Å². The Kier molecular flexibility index (Phi) is 6.57. The number of halogens is 1. The van der Waals surface area contributed by atoms with Crippen LogP contribution in [0.1, 0.15) is 11.1 Å². The van der Waals surface area contributed by atoms with Gasteiger partial charge in [0, 0.05) is 43.7 Å². The van der Waals surface area contributed by atoms with E-state index >= 15 is 0 Å². The number of carbonyl (C=O) groups is 1. The third-order valence-electron chi connectivity index (χ3n) is 5.41. The van der Waals surface area contributed by atoms with E-state index in [9.17, 15) is 9.18 Å². The number of methoxy groups -OCH3 is 1. The van der Waals surface area contributed by atoms with Crippen molar-refractivity contribution in [1.82, 2.24) is 20.2 Å². The van der Waals surface area contributed by atoms with Crippen LogP contribution in [0.15, 0.2) is 48.7 Å². The van der Waals surface area contributed by atoms with Gasteiger partial charge in [-0.05, 0) is 18.1 Å². The van der Waals surface area contributed by atoms with Gasteiger partial charge in [0.1, 0.15) is 12.4 Å². The Balaban J connectivity index is 1.21. The summed E-state index contributed by atoms with van der Waals surface area (Å²) in [6.45, 7) is 3.23. The summed E-state index contributed by atoms with van der Waals surface area (Å²) in [7, 11) is 1.53. The van der Waals surface area contributed by atoms with Crippen molar-refractivity contribution in [2.45, 2.75) is 13.0 Å². The number of carbonyl (C=O) groups excluding carboxylic acids is 1. The van der Waals surface area contributed by atoms with Gasteiger partial charge in [0.05, 0.1) is 24.3 Å². The summed E-state index contributed by atoms with van der Waals surface area (Å²) in [6, 6.07) is 13.1. The molecular formula is C23H25FN4O3. The Morgan fingerprint density at radius 2 is 2.03 bits per heavy atom. The number of fused-ring (bicyclic) bond motifs is 1. The Morgan fingerprint density at radius 3 is 2.81 bits per heavy atom. The number of hydrogen-bond donors (Lipinski definition) is 1.